The normalized spacial score (nSPS) is 19.3. The van der Waals surface area contributed by atoms with E-state index < -0.39 is 23.3 Å². The summed E-state index contributed by atoms with van der Waals surface area (Å²) in [5.41, 5.74) is -1.24. The molecule has 0 unspecified atom stereocenters. The van der Waals surface area contributed by atoms with E-state index in [1.165, 1.54) is 12.1 Å². The molecule has 7 heteroatoms. The number of anilines is 1. The van der Waals surface area contributed by atoms with Gasteiger partial charge in [0.15, 0.2) is 0 Å². The first-order valence-electron chi connectivity index (χ1n) is 6.57. The second-order valence-corrected chi connectivity index (χ2v) is 4.85. The molecule has 0 bridgehead atoms. The maximum Gasteiger partial charge on any atom is 0.417 e. The van der Waals surface area contributed by atoms with Crippen LogP contribution in [0.15, 0.2) is 18.2 Å². The molecule has 0 saturated carbocycles. The molecule has 2 N–H and O–H groups in total. The molecule has 1 saturated heterocycles. The molecule has 2 rings (SSSR count). The Morgan fingerprint density at radius 3 is 2.76 bits per heavy atom. The highest BCUT2D eigenvalue weighted by Crippen LogP contribution is 2.33. The van der Waals surface area contributed by atoms with Gasteiger partial charge in [0, 0.05) is 12.2 Å². The molecule has 21 heavy (non-hydrogen) atoms. The summed E-state index contributed by atoms with van der Waals surface area (Å²) in [5, 5.41) is 14.3. The summed E-state index contributed by atoms with van der Waals surface area (Å²) in [6.45, 7) is 0.582. The topological polar surface area (TPSA) is 64.9 Å². The Hall–Kier alpha value is -2.23. The van der Waals surface area contributed by atoms with Gasteiger partial charge in [0.05, 0.1) is 17.2 Å². The van der Waals surface area contributed by atoms with Gasteiger partial charge in [-0.3, -0.25) is 4.79 Å². The Morgan fingerprint density at radius 2 is 2.10 bits per heavy atom. The summed E-state index contributed by atoms with van der Waals surface area (Å²) in [5.74, 6) is -0.217. The van der Waals surface area contributed by atoms with Crippen LogP contribution in [-0.2, 0) is 11.0 Å². The minimum atomic E-state index is -4.60. The number of hydrogen-bond acceptors (Lipinski definition) is 3. The van der Waals surface area contributed by atoms with Crippen molar-refractivity contribution in [1.29, 1.82) is 5.26 Å². The van der Waals surface area contributed by atoms with E-state index in [9.17, 15) is 18.0 Å². The van der Waals surface area contributed by atoms with Gasteiger partial charge in [-0.15, -0.1) is 0 Å². The third-order valence-electron chi connectivity index (χ3n) is 3.32. The highest BCUT2D eigenvalue weighted by Gasteiger charge is 2.34. The maximum atomic E-state index is 12.9. The third-order valence-corrected chi connectivity index (χ3v) is 3.32. The molecule has 1 atom stereocenters. The number of nitrogens with one attached hydrogen (secondary N) is 2. The Kier molecular flexibility index (Phi) is 4.36. The molecule has 1 amide bonds. The van der Waals surface area contributed by atoms with Gasteiger partial charge in [-0.2, -0.15) is 18.4 Å². The zero-order chi connectivity index (χ0) is 15.5. The summed E-state index contributed by atoms with van der Waals surface area (Å²) in [7, 11) is 0. The molecular formula is C14H14F3N3O. The number of amides is 1. The summed E-state index contributed by atoms with van der Waals surface area (Å²) in [6.07, 6.45) is -2.37. The molecule has 4 nitrogen and oxygen atoms in total. The van der Waals surface area contributed by atoms with E-state index in [-0.39, 0.29) is 11.6 Å². The average Bonchev–Trinajstić information content (AvgIpc) is 2.63. The van der Waals surface area contributed by atoms with Gasteiger partial charge in [-0.05, 0) is 37.5 Å². The lowest BCUT2D eigenvalue weighted by Crippen LogP contribution is -2.37. The lowest BCUT2D eigenvalue weighted by molar-refractivity contribution is -0.137. The second-order valence-electron chi connectivity index (χ2n) is 4.85. The summed E-state index contributed by atoms with van der Waals surface area (Å²) in [6, 6.07) is 4.33. The van der Waals surface area contributed by atoms with Gasteiger partial charge >= 0.3 is 6.18 Å². The van der Waals surface area contributed by atoms with Gasteiger partial charge in [0.2, 0.25) is 5.91 Å². The Labute approximate surface area is 119 Å². The van der Waals surface area contributed by atoms with Crippen LogP contribution < -0.4 is 10.6 Å². The SMILES string of the molecule is N#Cc1ccc(N[C@@H]2CCCCNC2=O)cc1C(F)(F)F. The van der Waals surface area contributed by atoms with Crippen LogP contribution in [0.25, 0.3) is 0 Å². The lowest BCUT2D eigenvalue weighted by atomic mass is 10.1. The van der Waals surface area contributed by atoms with Crippen LogP contribution in [0.1, 0.15) is 30.4 Å². The molecule has 0 radical (unpaired) electrons. The summed E-state index contributed by atoms with van der Waals surface area (Å²) < 4.78 is 38.6. The molecule has 1 aliphatic rings. The molecule has 112 valence electrons. The largest absolute Gasteiger partial charge is 0.417 e. The second kappa shape index (κ2) is 6.04. The first-order valence-corrected chi connectivity index (χ1v) is 6.57. The van der Waals surface area contributed by atoms with Crippen molar-refractivity contribution >= 4 is 11.6 Å². The number of nitrogens with zero attached hydrogens (tertiary/aromatic N) is 1. The maximum absolute atomic E-state index is 12.9. The third kappa shape index (κ3) is 3.66. The number of alkyl halides is 3. The van der Waals surface area contributed by atoms with Crippen molar-refractivity contribution in [2.75, 3.05) is 11.9 Å². The molecular weight excluding hydrogens is 283 g/mol. The predicted octanol–water partition coefficient (Wildman–Crippen LogP) is 2.66. The van der Waals surface area contributed by atoms with Crippen molar-refractivity contribution in [2.24, 2.45) is 0 Å². The number of nitriles is 1. The fourth-order valence-corrected chi connectivity index (χ4v) is 2.24. The van der Waals surface area contributed by atoms with Crippen molar-refractivity contribution in [3.8, 4) is 6.07 Å². The van der Waals surface area contributed by atoms with E-state index >= 15 is 0 Å². The molecule has 1 aliphatic heterocycles. The Bertz CT molecular complexity index is 578. The zero-order valence-electron chi connectivity index (χ0n) is 11.1. The fraction of sp³-hybridized carbons (Fsp3) is 0.429. The molecule has 1 aromatic rings. The van der Waals surface area contributed by atoms with Gasteiger partial charge in [0.25, 0.3) is 0 Å². The van der Waals surface area contributed by atoms with E-state index in [1.807, 2.05) is 0 Å². The van der Waals surface area contributed by atoms with Crippen molar-refractivity contribution in [3.05, 3.63) is 29.3 Å². The average molecular weight is 297 g/mol. The molecule has 0 aromatic heterocycles. The van der Waals surface area contributed by atoms with Crippen molar-refractivity contribution < 1.29 is 18.0 Å². The minimum Gasteiger partial charge on any atom is -0.374 e. The Balaban J connectivity index is 2.25. The van der Waals surface area contributed by atoms with Crippen LogP contribution in [-0.4, -0.2) is 18.5 Å². The number of hydrogen-bond donors (Lipinski definition) is 2. The number of halogens is 3. The number of benzene rings is 1. The summed E-state index contributed by atoms with van der Waals surface area (Å²) in [4.78, 5) is 11.8. The lowest BCUT2D eigenvalue weighted by Gasteiger charge is -2.18. The molecule has 0 aliphatic carbocycles. The van der Waals surface area contributed by atoms with E-state index in [1.54, 1.807) is 0 Å². The van der Waals surface area contributed by atoms with Gasteiger partial charge < -0.3 is 10.6 Å². The van der Waals surface area contributed by atoms with Gasteiger partial charge in [-0.1, -0.05) is 0 Å². The van der Waals surface area contributed by atoms with E-state index in [2.05, 4.69) is 10.6 Å². The van der Waals surface area contributed by atoms with Gasteiger partial charge in [0.1, 0.15) is 6.04 Å². The molecule has 1 fully saturated rings. The number of rotatable bonds is 2. The van der Waals surface area contributed by atoms with Crippen LogP contribution >= 0.6 is 0 Å². The first-order chi connectivity index (χ1) is 9.91. The van der Waals surface area contributed by atoms with Crippen LogP contribution in [0.3, 0.4) is 0 Å². The monoisotopic (exact) mass is 297 g/mol. The number of carbonyl (C=O) groups is 1. The van der Waals surface area contributed by atoms with Crippen molar-refractivity contribution in [1.82, 2.24) is 5.32 Å². The summed E-state index contributed by atoms with van der Waals surface area (Å²) >= 11 is 0. The van der Waals surface area contributed by atoms with Crippen LogP contribution in [0.4, 0.5) is 18.9 Å². The van der Waals surface area contributed by atoms with Crippen LogP contribution in [0, 0.1) is 11.3 Å². The van der Waals surface area contributed by atoms with Gasteiger partial charge in [-0.25, -0.2) is 0 Å². The minimum absolute atomic E-state index is 0.184. The highest BCUT2D eigenvalue weighted by molar-refractivity contribution is 5.84. The molecule has 1 aromatic carbocycles. The number of carbonyl (C=O) groups excluding carboxylic acids is 1. The molecule has 1 heterocycles. The van der Waals surface area contributed by atoms with Crippen LogP contribution in [0.5, 0.6) is 0 Å². The van der Waals surface area contributed by atoms with Crippen LogP contribution in [0.2, 0.25) is 0 Å². The van der Waals surface area contributed by atoms with Crippen molar-refractivity contribution in [3.63, 3.8) is 0 Å². The van der Waals surface area contributed by atoms with Crippen molar-refractivity contribution in [2.45, 2.75) is 31.5 Å². The standard InChI is InChI=1S/C14H14F3N3O/c15-14(16,17)11-7-10(5-4-9(11)8-18)20-12-3-1-2-6-19-13(12)21/h4-5,7,12,20H,1-3,6H2,(H,19,21)/t12-/m1/s1. The quantitative estimate of drug-likeness (QED) is 0.882. The molecule has 0 spiro atoms. The predicted molar refractivity (Wildman–Crippen MR) is 70.4 cm³/mol. The first kappa shape index (κ1) is 15.2. The van der Waals surface area contributed by atoms with E-state index in [0.29, 0.717) is 13.0 Å². The zero-order valence-corrected chi connectivity index (χ0v) is 11.1. The smallest absolute Gasteiger partial charge is 0.374 e. The Morgan fingerprint density at radius 1 is 1.33 bits per heavy atom. The van der Waals surface area contributed by atoms with E-state index in [0.717, 1.165) is 25.0 Å². The van der Waals surface area contributed by atoms with E-state index in [4.69, 9.17) is 5.26 Å². The fourth-order valence-electron chi connectivity index (χ4n) is 2.24. The highest BCUT2D eigenvalue weighted by atomic mass is 19.4.